The molecule has 0 aliphatic rings. The molecule has 3 rings (SSSR count). The van der Waals surface area contributed by atoms with Gasteiger partial charge in [-0.3, -0.25) is 0 Å². The summed E-state index contributed by atoms with van der Waals surface area (Å²) in [6.07, 6.45) is 1.89. The van der Waals surface area contributed by atoms with Gasteiger partial charge in [0.25, 0.3) is 0 Å². The molecule has 0 amide bonds. The molecule has 0 unspecified atom stereocenters. The van der Waals surface area contributed by atoms with Gasteiger partial charge in [0.05, 0.1) is 17.6 Å². The molecule has 1 heterocycles. The lowest BCUT2D eigenvalue weighted by Crippen LogP contribution is -1.97. The quantitative estimate of drug-likeness (QED) is 0.768. The number of aromatic nitrogens is 2. The van der Waals surface area contributed by atoms with Crippen LogP contribution in [0.4, 0.5) is 5.69 Å². The number of benzene rings is 2. The maximum atomic E-state index is 6.20. The molecule has 0 fully saturated rings. The van der Waals surface area contributed by atoms with E-state index in [2.05, 4.69) is 51.1 Å². The monoisotopic (exact) mass is 277 g/mol. The van der Waals surface area contributed by atoms with Crippen LogP contribution in [0.3, 0.4) is 0 Å². The highest BCUT2D eigenvalue weighted by molar-refractivity contribution is 5.75. The zero-order valence-electron chi connectivity index (χ0n) is 12.6. The Balaban J connectivity index is 2.15. The molecule has 106 valence electrons. The van der Waals surface area contributed by atoms with Crippen molar-refractivity contribution in [1.82, 2.24) is 9.78 Å². The fourth-order valence-corrected chi connectivity index (χ4v) is 2.53. The number of anilines is 1. The molecular formula is C18H19N3. The summed E-state index contributed by atoms with van der Waals surface area (Å²) in [6, 6.07) is 14.5. The Bertz CT molecular complexity index is 800. The molecule has 0 radical (unpaired) electrons. The molecule has 0 atom stereocenters. The second kappa shape index (κ2) is 5.09. The van der Waals surface area contributed by atoms with Gasteiger partial charge in [0.15, 0.2) is 0 Å². The first-order valence-electron chi connectivity index (χ1n) is 7.05. The van der Waals surface area contributed by atoms with Crippen molar-refractivity contribution in [2.24, 2.45) is 0 Å². The van der Waals surface area contributed by atoms with Crippen molar-refractivity contribution in [3.05, 3.63) is 65.4 Å². The lowest BCUT2D eigenvalue weighted by Gasteiger charge is -2.06. The summed E-state index contributed by atoms with van der Waals surface area (Å²) < 4.78 is 1.86. The highest BCUT2D eigenvalue weighted by atomic mass is 15.3. The Morgan fingerprint density at radius 1 is 0.952 bits per heavy atom. The fourth-order valence-electron chi connectivity index (χ4n) is 2.53. The van der Waals surface area contributed by atoms with Crippen LogP contribution >= 0.6 is 0 Å². The number of nitrogens with two attached hydrogens (primary N) is 1. The van der Waals surface area contributed by atoms with E-state index in [1.807, 2.05) is 23.0 Å². The largest absolute Gasteiger partial charge is 0.396 e. The summed E-state index contributed by atoms with van der Waals surface area (Å²) in [5, 5.41) is 4.70. The maximum absolute atomic E-state index is 6.20. The molecule has 0 aliphatic heterocycles. The first-order valence-corrected chi connectivity index (χ1v) is 7.05. The molecule has 0 bridgehead atoms. The molecule has 3 aromatic rings. The summed E-state index contributed by atoms with van der Waals surface area (Å²) in [7, 11) is 0. The van der Waals surface area contributed by atoms with E-state index in [1.165, 1.54) is 16.7 Å². The highest BCUT2D eigenvalue weighted by Gasteiger charge is 2.12. The maximum Gasteiger partial charge on any atom is 0.116 e. The first-order chi connectivity index (χ1) is 10.1. The third-order valence-corrected chi connectivity index (χ3v) is 3.75. The van der Waals surface area contributed by atoms with Crippen molar-refractivity contribution in [3.8, 4) is 16.9 Å². The SMILES string of the molecule is Cc1ccc(C)c(-c2nn(-c3ccccc3C)cc2N)c1. The standard InChI is InChI=1S/C18H19N3/c1-12-8-9-13(2)15(10-12)18-16(19)11-21(20-18)17-7-5-4-6-14(17)3/h4-11H,19H2,1-3H3. The molecule has 2 aromatic carbocycles. The molecule has 3 heteroatoms. The number of nitrogens with zero attached hydrogens (tertiary/aromatic N) is 2. The van der Waals surface area contributed by atoms with E-state index in [4.69, 9.17) is 10.8 Å². The predicted molar refractivity (Wildman–Crippen MR) is 87.6 cm³/mol. The van der Waals surface area contributed by atoms with Crippen LogP contribution in [0.15, 0.2) is 48.7 Å². The predicted octanol–water partition coefficient (Wildman–Crippen LogP) is 4.05. The van der Waals surface area contributed by atoms with Crippen LogP contribution in [-0.2, 0) is 0 Å². The number of para-hydroxylation sites is 1. The summed E-state index contributed by atoms with van der Waals surface area (Å²) in [6.45, 7) is 6.24. The first kappa shape index (κ1) is 13.4. The minimum Gasteiger partial charge on any atom is -0.396 e. The highest BCUT2D eigenvalue weighted by Crippen LogP contribution is 2.29. The van der Waals surface area contributed by atoms with E-state index in [1.54, 1.807) is 0 Å². The lowest BCUT2D eigenvalue weighted by molar-refractivity contribution is 0.876. The molecule has 21 heavy (non-hydrogen) atoms. The van der Waals surface area contributed by atoms with Gasteiger partial charge in [0.2, 0.25) is 0 Å². The third-order valence-electron chi connectivity index (χ3n) is 3.75. The van der Waals surface area contributed by atoms with Crippen molar-refractivity contribution in [2.45, 2.75) is 20.8 Å². The minimum absolute atomic E-state index is 0.701. The second-order valence-electron chi connectivity index (χ2n) is 5.48. The zero-order chi connectivity index (χ0) is 15.0. The average Bonchev–Trinajstić information content (AvgIpc) is 2.84. The molecule has 0 saturated carbocycles. The Morgan fingerprint density at radius 2 is 1.71 bits per heavy atom. The van der Waals surface area contributed by atoms with Gasteiger partial charge in [0, 0.05) is 5.56 Å². The second-order valence-corrected chi connectivity index (χ2v) is 5.48. The van der Waals surface area contributed by atoms with Gasteiger partial charge < -0.3 is 5.73 Å². The van der Waals surface area contributed by atoms with Crippen LogP contribution in [-0.4, -0.2) is 9.78 Å². The van der Waals surface area contributed by atoms with Crippen LogP contribution in [0, 0.1) is 20.8 Å². The summed E-state index contributed by atoms with van der Waals surface area (Å²) >= 11 is 0. The van der Waals surface area contributed by atoms with Crippen LogP contribution in [0.25, 0.3) is 16.9 Å². The molecular weight excluding hydrogens is 258 g/mol. The van der Waals surface area contributed by atoms with Gasteiger partial charge in [-0.2, -0.15) is 5.10 Å². The van der Waals surface area contributed by atoms with E-state index in [0.29, 0.717) is 5.69 Å². The van der Waals surface area contributed by atoms with E-state index < -0.39 is 0 Å². The van der Waals surface area contributed by atoms with Gasteiger partial charge in [-0.25, -0.2) is 4.68 Å². The number of hydrogen-bond acceptors (Lipinski definition) is 2. The Hall–Kier alpha value is -2.55. The number of rotatable bonds is 2. The van der Waals surface area contributed by atoms with Crippen LogP contribution < -0.4 is 5.73 Å². The van der Waals surface area contributed by atoms with Crippen molar-refractivity contribution in [1.29, 1.82) is 0 Å². The van der Waals surface area contributed by atoms with Crippen molar-refractivity contribution in [3.63, 3.8) is 0 Å². The average molecular weight is 277 g/mol. The molecule has 3 nitrogen and oxygen atoms in total. The van der Waals surface area contributed by atoms with E-state index in [0.717, 1.165) is 16.9 Å². The summed E-state index contributed by atoms with van der Waals surface area (Å²) in [4.78, 5) is 0. The molecule has 1 aromatic heterocycles. The summed E-state index contributed by atoms with van der Waals surface area (Å²) in [5.41, 5.74) is 13.5. The van der Waals surface area contributed by atoms with Crippen molar-refractivity contribution in [2.75, 3.05) is 5.73 Å². The van der Waals surface area contributed by atoms with E-state index >= 15 is 0 Å². The number of nitrogen functional groups attached to an aromatic ring is 1. The van der Waals surface area contributed by atoms with Gasteiger partial charge in [-0.1, -0.05) is 35.9 Å². The normalized spacial score (nSPS) is 10.8. The van der Waals surface area contributed by atoms with Gasteiger partial charge in [-0.15, -0.1) is 0 Å². The van der Waals surface area contributed by atoms with E-state index in [9.17, 15) is 0 Å². The Labute approximate surface area is 125 Å². The smallest absolute Gasteiger partial charge is 0.116 e. The zero-order valence-corrected chi connectivity index (χ0v) is 12.6. The lowest BCUT2D eigenvalue weighted by atomic mass is 10.0. The topological polar surface area (TPSA) is 43.8 Å². The van der Waals surface area contributed by atoms with Crippen molar-refractivity contribution < 1.29 is 0 Å². The van der Waals surface area contributed by atoms with Crippen LogP contribution in [0.2, 0.25) is 0 Å². The third kappa shape index (κ3) is 2.42. The molecule has 0 aliphatic carbocycles. The van der Waals surface area contributed by atoms with E-state index in [-0.39, 0.29) is 0 Å². The number of hydrogen-bond donors (Lipinski definition) is 1. The molecule has 2 N–H and O–H groups in total. The molecule has 0 spiro atoms. The van der Waals surface area contributed by atoms with Gasteiger partial charge in [-0.05, 0) is 44.0 Å². The van der Waals surface area contributed by atoms with Crippen LogP contribution in [0.1, 0.15) is 16.7 Å². The summed E-state index contributed by atoms with van der Waals surface area (Å²) in [5.74, 6) is 0. The van der Waals surface area contributed by atoms with Crippen molar-refractivity contribution >= 4 is 5.69 Å². The van der Waals surface area contributed by atoms with Gasteiger partial charge >= 0.3 is 0 Å². The Kier molecular flexibility index (Phi) is 3.26. The molecule has 0 saturated heterocycles. The number of aryl methyl sites for hydroxylation is 3. The Morgan fingerprint density at radius 3 is 2.48 bits per heavy atom. The minimum atomic E-state index is 0.701. The fraction of sp³-hybridized carbons (Fsp3) is 0.167. The van der Waals surface area contributed by atoms with Gasteiger partial charge in [0.1, 0.15) is 5.69 Å². The van der Waals surface area contributed by atoms with Crippen LogP contribution in [0.5, 0.6) is 0 Å².